The van der Waals surface area contributed by atoms with E-state index in [9.17, 15) is 5.11 Å². The third kappa shape index (κ3) is 3.09. The number of nitrogens with zero attached hydrogens (tertiary/aromatic N) is 5. The van der Waals surface area contributed by atoms with Crippen LogP contribution in [0.5, 0.6) is 0 Å². The molecule has 1 aliphatic heterocycles. The van der Waals surface area contributed by atoms with Crippen molar-refractivity contribution in [1.29, 1.82) is 0 Å². The molecule has 3 aromatic rings. The summed E-state index contributed by atoms with van der Waals surface area (Å²) in [5.41, 5.74) is 2.07. The van der Waals surface area contributed by atoms with Crippen molar-refractivity contribution in [2.24, 2.45) is 5.92 Å². The summed E-state index contributed by atoms with van der Waals surface area (Å²) in [5, 5.41) is 16.3. The Morgan fingerprint density at radius 1 is 1.13 bits per heavy atom. The highest BCUT2D eigenvalue weighted by Crippen LogP contribution is 2.44. The topological polar surface area (TPSA) is 67.1 Å². The van der Waals surface area contributed by atoms with Crippen LogP contribution in [0.15, 0.2) is 36.8 Å². The number of fused-ring (bicyclic) bond motifs is 1. The van der Waals surface area contributed by atoms with Gasteiger partial charge in [0.25, 0.3) is 0 Å². The van der Waals surface area contributed by atoms with E-state index in [1.165, 1.54) is 24.8 Å². The molecule has 2 aliphatic rings. The van der Waals surface area contributed by atoms with Crippen LogP contribution in [0.25, 0.3) is 16.7 Å². The van der Waals surface area contributed by atoms with Gasteiger partial charge in [0.15, 0.2) is 5.82 Å². The molecule has 158 valence electrons. The van der Waals surface area contributed by atoms with E-state index in [0.29, 0.717) is 0 Å². The summed E-state index contributed by atoms with van der Waals surface area (Å²) in [4.78, 5) is 11.4. The average molecular weight is 406 g/mol. The van der Waals surface area contributed by atoms with Crippen molar-refractivity contribution < 1.29 is 5.11 Å². The van der Waals surface area contributed by atoms with E-state index in [4.69, 9.17) is 0 Å². The fourth-order valence-corrected chi connectivity index (χ4v) is 5.39. The van der Waals surface area contributed by atoms with Gasteiger partial charge in [-0.3, -0.25) is 0 Å². The van der Waals surface area contributed by atoms with Gasteiger partial charge in [-0.2, -0.15) is 5.10 Å². The summed E-state index contributed by atoms with van der Waals surface area (Å²) in [6, 6.07) is 8.95. The van der Waals surface area contributed by atoms with Crippen LogP contribution in [0.4, 0.5) is 5.82 Å². The molecule has 1 aromatic carbocycles. The molecule has 1 saturated carbocycles. The van der Waals surface area contributed by atoms with E-state index in [1.807, 2.05) is 30.8 Å². The van der Waals surface area contributed by atoms with Crippen molar-refractivity contribution in [3.63, 3.8) is 0 Å². The van der Waals surface area contributed by atoms with Crippen LogP contribution in [-0.2, 0) is 5.41 Å². The second-order valence-electron chi connectivity index (χ2n) is 9.96. The van der Waals surface area contributed by atoms with Crippen LogP contribution in [0.3, 0.4) is 0 Å². The Balaban J connectivity index is 1.50. The summed E-state index contributed by atoms with van der Waals surface area (Å²) in [5.74, 6) is 1.89. The summed E-state index contributed by atoms with van der Waals surface area (Å²) in [6.45, 7) is 9.22. The van der Waals surface area contributed by atoms with Crippen molar-refractivity contribution in [2.45, 2.75) is 70.4 Å². The Morgan fingerprint density at radius 3 is 2.57 bits per heavy atom. The third-order valence-corrected chi connectivity index (χ3v) is 7.54. The van der Waals surface area contributed by atoms with Crippen LogP contribution in [0.1, 0.15) is 58.9 Å². The highest BCUT2D eigenvalue weighted by Gasteiger charge is 2.40. The predicted octanol–water partition coefficient (Wildman–Crippen LogP) is 4.24. The number of rotatable bonds is 4. The highest BCUT2D eigenvalue weighted by molar-refractivity contribution is 5.81. The van der Waals surface area contributed by atoms with Gasteiger partial charge in [0, 0.05) is 30.0 Å². The first kappa shape index (κ1) is 19.5. The molecule has 6 heteroatoms. The predicted molar refractivity (Wildman–Crippen MR) is 119 cm³/mol. The lowest BCUT2D eigenvalue weighted by atomic mass is 9.66. The molecule has 0 radical (unpaired) electrons. The smallest absolute Gasteiger partial charge is 0.159 e. The molecule has 3 heterocycles. The van der Waals surface area contributed by atoms with Crippen molar-refractivity contribution in [3.8, 4) is 5.82 Å². The molecule has 5 rings (SSSR count). The fraction of sp³-hybridized carbons (Fsp3) is 0.542. The van der Waals surface area contributed by atoms with Crippen LogP contribution in [-0.4, -0.2) is 43.0 Å². The van der Waals surface area contributed by atoms with Crippen LogP contribution in [0, 0.1) is 5.92 Å². The maximum absolute atomic E-state index is 10.5. The van der Waals surface area contributed by atoms with Crippen LogP contribution >= 0.6 is 0 Å². The van der Waals surface area contributed by atoms with Gasteiger partial charge in [-0.25, -0.2) is 14.6 Å². The Hall–Kier alpha value is -2.47. The summed E-state index contributed by atoms with van der Waals surface area (Å²) >= 11 is 0. The first-order valence-corrected chi connectivity index (χ1v) is 11.1. The zero-order valence-electron chi connectivity index (χ0n) is 18.3. The molecule has 1 saturated heterocycles. The van der Waals surface area contributed by atoms with E-state index >= 15 is 0 Å². The molecule has 2 aromatic heterocycles. The average Bonchev–Trinajstić information content (AvgIpc) is 3.29. The van der Waals surface area contributed by atoms with Crippen molar-refractivity contribution in [1.82, 2.24) is 19.7 Å². The molecular formula is C24H31N5O. The molecule has 0 bridgehead atoms. The number of benzene rings is 1. The minimum atomic E-state index is -0.698. The summed E-state index contributed by atoms with van der Waals surface area (Å²) in [7, 11) is 0. The lowest BCUT2D eigenvalue weighted by Gasteiger charge is -2.39. The second-order valence-corrected chi connectivity index (χ2v) is 9.96. The van der Waals surface area contributed by atoms with Gasteiger partial charge in [-0.15, -0.1) is 0 Å². The molecule has 2 atom stereocenters. The molecule has 0 amide bonds. The quantitative estimate of drug-likeness (QED) is 0.703. The van der Waals surface area contributed by atoms with E-state index < -0.39 is 5.60 Å². The standard InChI is InChI=1S/C24H31N5O/c1-16-19(23(2,3)30)8-11-28(16)21-13-22(26-15-25-21)29-20-12-18(24(4)9-5-10-24)7-6-17(20)14-27-29/h6-7,12-16,19,30H,5,8-11H2,1-4H3. The first-order chi connectivity index (χ1) is 14.3. The molecular weight excluding hydrogens is 374 g/mol. The normalized spacial score (nSPS) is 23.7. The Kier molecular flexibility index (Phi) is 4.40. The van der Waals surface area contributed by atoms with Gasteiger partial charge in [0.2, 0.25) is 0 Å². The molecule has 2 unspecified atom stereocenters. The van der Waals surface area contributed by atoms with E-state index in [2.05, 4.69) is 52.0 Å². The van der Waals surface area contributed by atoms with Gasteiger partial charge < -0.3 is 10.0 Å². The van der Waals surface area contributed by atoms with Gasteiger partial charge in [-0.05, 0) is 57.1 Å². The molecule has 1 aliphatic carbocycles. The lowest BCUT2D eigenvalue weighted by molar-refractivity contribution is 0.0156. The largest absolute Gasteiger partial charge is 0.390 e. The minimum Gasteiger partial charge on any atom is -0.390 e. The maximum Gasteiger partial charge on any atom is 0.159 e. The zero-order valence-corrected chi connectivity index (χ0v) is 18.3. The molecule has 0 spiro atoms. The van der Waals surface area contributed by atoms with Crippen LogP contribution < -0.4 is 4.90 Å². The van der Waals surface area contributed by atoms with E-state index in [0.717, 1.165) is 35.5 Å². The number of hydrogen-bond donors (Lipinski definition) is 1. The van der Waals surface area contributed by atoms with Gasteiger partial charge in [-0.1, -0.05) is 25.5 Å². The molecule has 1 N–H and O–H groups in total. The maximum atomic E-state index is 10.5. The van der Waals surface area contributed by atoms with E-state index in [1.54, 1.807) is 6.33 Å². The zero-order chi connectivity index (χ0) is 21.1. The molecule has 2 fully saturated rings. The molecule has 30 heavy (non-hydrogen) atoms. The Morgan fingerprint density at radius 2 is 1.90 bits per heavy atom. The monoisotopic (exact) mass is 405 g/mol. The van der Waals surface area contributed by atoms with Crippen molar-refractivity contribution in [2.75, 3.05) is 11.4 Å². The van der Waals surface area contributed by atoms with Crippen LogP contribution in [0.2, 0.25) is 0 Å². The summed E-state index contributed by atoms with van der Waals surface area (Å²) < 4.78 is 1.93. The van der Waals surface area contributed by atoms with Gasteiger partial charge >= 0.3 is 0 Å². The number of aliphatic hydroxyl groups is 1. The lowest BCUT2D eigenvalue weighted by Crippen LogP contribution is -2.40. The van der Waals surface area contributed by atoms with E-state index in [-0.39, 0.29) is 17.4 Å². The van der Waals surface area contributed by atoms with Gasteiger partial charge in [0.1, 0.15) is 12.1 Å². The minimum absolute atomic E-state index is 0.215. The third-order valence-electron chi connectivity index (χ3n) is 7.54. The number of aromatic nitrogens is 4. The number of hydrogen-bond acceptors (Lipinski definition) is 5. The first-order valence-electron chi connectivity index (χ1n) is 11.1. The highest BCUT2D eigenvalue weighted by atomic mass is 16.3. The Labute approximate surface area is 178 Å². The van der Waals surface area contributed by atoms with Crippen molar-refractivity contribution in [3.05, 3.63) is 42.4 Å². The second kappa shape index (κ2) is 6.77. The number of anilines is 1. The van der Waals surface area contributed by atoms with Crippen molar-refractivity contribution >= 4 is 16.7 Å². The van der Waals surface area contributed by atoms with Gasteiger partial charge in [0.05, 0.1) is 17.3 Å². The Bertz CT molecular complexity index is 1080. The summed E-state index contributed by atoms with van der Waals surface area (Å²) in [6.07, 6.45) is 8.30. The SMILES string of the molecule is CC1C(C(C)(C)O)CCN1c1cc(-n2ncc3ccc(C4(C)CCC4)cc32)ncn1. The molecule has 6 nitrogen and oxygen atoms in total. The fourth-order valence-electron chi connectivity index (χ4n) is 5.39.